The third kappa shape index (κ3) is 3.23. The van der Waals surface area contributed by atoms with Crippen molar-refractivity contribution in [1.82, 2.24) is 0 Å². The van der Waals surface area contributed by atoms with Crippen molar-refractivity contribution in [2.75, 3.05) is 0 Å². The molecule has 0 heterocycles. The van der Waals surface area contributed by atoms with Gasteiger partial charge in [0.15, 0.2) is 0 Å². The van der Waals surface area contributed by atoms with Crippen molar-refractivity contribution in [3.05, 3.63) is 81.6 Å². The van der Waals surface area contributed by atoms with Crippen molar-refractivity contribution in [1.29, 1.82) is 0 Å². The molecule has 0 fully saturated rings. The first-order valence-corrected chi connectivity index (χ1v) is 5.14. The molecule has 3 rings (SSSR count). The van der Waals surface area contributed by atoms with Gasteiger partial charge in [-0.05, 0) is 0 Å². The molecule has 0 radical (unpaired) electrons. The Balaban J connectivity index is 0.000000963. The number of hydrogen-bond donors (Lipinski definition) is 0. The number of hydrogen-bond acceptors (Lipinski definition) is 0. The molecule has 0 saturated heterocycles. The zero-order chi connectivity index (χ0) is 10.1. The van der Waals surface area contributed by atoms with Gasteiger partial charge < -0.3 is 14.9 Å². The fourth-order valence-corrected chi connectivity index (χ4v) is 1.95. The van der Waals surface area contributed by atoms with E-state index in [1.165, 1.54) is 21.9 Å². The summed E-state index contributed by atoms with van der Waals surface area (Å²) in [6, 6.07) is 23.4. The number of rotatable bonds is 1. The minimum Gasteiger partial charge on any atom is -0.358 e. The first-order valence-electron chi connectivity index (χ1n) is 5.14. The summed E-state index contributed by atoms with van der Waals surface area (Å²) >= 11 is 0. The molecule has 0 spiro atoms. The molecule has 0 aliphatic heterocycles. The van der Waals surface area contributed by atoms with Crippen molar-refractivity contribution >= 4 is 10.8 Å². The third-order valence-corrected chi connectivity index (χ3v) is 2.73. The molecule has 0 nitrogen and oxygen atoms in total. The van der Waals surface area contributed by atoms with Crippen LogP contribution in [0.2, 0.25) is 0 Å². The van der Waals surface area contributed by atoms with Gasteiger partial charge >= 0.3 is 0 Å². The molecule has 0 bridgehead atoms. The Morgan fingerprint density at radius 3 is 2.00 bits per heavy atom. The predicted molar refractivity (Wildman–Crippen MR) is 77.8 cm³/mol. The van der Waals surface area contributed by atoms with E-state index >= 15 is 0 Å². The van der Waals surface area contributed by atoms with E-state index in [1.807, 2.05) is 6.07 Å². The van der Waals surface area contributed by atoms with Crippen molar-refractivity contribution in [2.24, 2.45) is 0 Å². The van der Waals surface area contributed by atoms with Gasteiger partial charge in [-0.1, -0.05) is 54.1 Å². The van der Waals surface area contributed by atoms with E-state index in [0.29, 0.717) is 0 Å². The third-order valence-electron chi connectivity index (χ3n) is 2.73. The zero-order valence-corrected chi connectivity index (χ0v) is 14.4. The fraction of sp³-hybridized carbons (Fsp3) is 0. The summed E-state index contributed by atoms with van der Waals surface area (Å²) in [5.74, 6) is 0. The molecule has 0 atom stereocenters. The summed E-state index contributed by atoms with van der Waals surface area (Å²) in [7, 11) is 0. The van der Waals surface area contributed by atoms with Crippen LogP contribution in [0.3, 0.4) is 0 Å². The molecular weight excluding hydrogens is 383 g/mol. The van der Waals surface area contributed by atoms with Crippen LogP contribution in [0.15, 0.2) is 66.7 Å². The zero-order valence-electron chi connectivity index (χ0n) is 10.9. The summed E-state index contributed by atoms with van der Waals surface area (Å²) in [6.07, 6.45) is 0. The monoisotopic (exact) mass is 401 g/mol. The van der Waals surface area contributed by atoms with Crippen LogP contribution < -0.4 is 0 Å². The van der Waals surface area contributed by atoms with Crippen molar-refractivity contribution in [2.45, 2.75) is 0 Å². The first-order chi connectivity index (χ1) is 7.43. The second kappa shape index (κ2) is 7.38. The quantitative estimate of drug-likeness (QED) is 0.393. The van der Waals surface area contributed by atoms with Crippen molar-refractivity contribution in [3.63, 3.8) is 0 Å². The Labute approximate surface area is 129 Å². The largest absolute Gasteiger partial charge is 0.358 e. The Hall–Kier alpha value is -1.08. The van der Waals surface area contributed by atoms with E-state index in [1.54, 1.807) is 0 Å². The Morgan fingerprint density at radius 2 is 1.33 bits per heavy atom. The van der Waals surface area contributed by atoms with Gasteiger partial charge in [0.05, 0.1) is 0 Å². The van der Waals surface area contributed by atoms with Gasteiger partial charge in [0.2, 0.25) is 0 Å². The SMILES string of the molecule is [CH3-].[CH3-].[Hf].c1ccc(-c2cc3ccccc3[cH-]2)cc1. The van der Waals surface area contributed by atoms with Gasteiger partial charge in [0.1, 0.15) is 0 Å². The Bertz CT molecular complexity index is 546. The van der Waals surface area contributed by atoms with Gasteiger partial charge in [-0.3, -0.25) is 0 Å². The minimum absolute atomic E-state index is 0. The molecule has 0 aliphatic rings. The van der Waals surface area contributed by atoms with Crippen LogP contribution in [-0.2, 0) is 25.8 Å². The van der Waals surface area contributed by atoms with E-state index in [9.17, 15) is 0 Å². The summed E-state index contributed by atoms with van der Waals surface area (Å²) in [6.45, 7) is 0. The molecule has 0 aromatic heterocycles. The molecule has 0 aliphatic carbocycles. The fourth-order valence-electron chi connectivity index (χ4n) is 1.95. The second-order valence-electron chi connectivity index (χ2n) is 3.74. The van der Waals surface area contributed by atoms with Crippen LogP contribution in [0.1, 0.15) is 0 Å². The summed E-state index contributed by atoms with van der Waals surface area (Å²) in [5.41, 5.74) is 2.59. The predicted octanol–water partition coefficient (Wildman–Crippen LogP) is 5.12. The normalized spacial score (nSPS) is 8.89. The van der Waals surface area contributed by atoms with Gasteiger partial charge in [-0.15, -0.1) is 34.5 Å². The average molecular weight is 400 g/mol. The van der Waals surface area contributed by atoms with Crippen LogP contribution in [0.4, 0.5) is 0 Å². The molecule has 3 aromatic carbocycles. The molecule has 0 amide bonds. The number of benzene rings is 2. The van der Waals surface area contributed by atoms with Crippen LogP contribution in [0.25, 0.3) is 21.9 Å². The molecule has 92 valence electrons. The van der Waals surface area contributed by atoms with E-state index in [0.717, 1.165) is 0 Å². The molecule has 18 heavy (non-hydrogen) atoms. The van der Waals surface area contributed by atoms with Crippen LogP contribution in [0, 0.1) is 14.9 Å². The molecule has 3 aromatic rings. The van der Waals surface area contributed by atoms with E-state index < -0.39 is 0 Å². The maximum absolute atomic E-state index is 2.24. The van der Waals surface area contributed by atoms with Gasteiger partial charge in [0.25, 0.3) is 0 Å². The topological polar surface area (TPSA) is 0 Å². The molecular formula is C17H17Hf-3. The molecule has 1 heteroatoms. The Kier molecular flexibility index (Phi) is 6.93. The van der Waals surface area contributed by atoms with E-state index in [2.05, 4.69) is 60.7 Å². The van der Waals surface area contributed by atoms with E-state index in [4.69, 9.17) is 0 Å². The number of fused-ring (bicyclic) bond motifs is 1. The van der Waals surface area contributed by atoms with Gasteiger partial charge in [-0.2, -0.15) is 0 Å². The van der Waals surface area contributed by atoms with Crippen LogP contribution in [0.5, 0.6) is 0 Å². The van der Waals surface area contributed by atoms with Gasteiger partial charge in [0, 0.05) is 25.8 Å². The van der Waals surface area contributed by atoms with Gasteiger partial charge in [-0.25, -0.2) is 0 Å². The Morgan fingerprint density at radius 1 is 0.722 bits per heavy atom. The summed E-state index contributed by atoms with van der Waals surface area (Å²) < 4.78 is 0. The summed E-state index contributed by atoms with van der Waals surface area (Å²) in [5, 5.41) is 2.63. The smallest absolute Gasteiger partial charge is 0 e. The van der Waals surface area contributed by atoms with Crippen LogP contribution >= 0.6 is 0 Å². The van der Waals surface area contributed by atoms with Crippen molar-refractivity contribution in [3.8, 4) is 11.1 Å². The standard InChI is InChI=1S/C15H11.2CH3.Hf/c1-2-6-12(7-3-1)15-10-13-8-4-5-9-14(13)11-15;;;/h1-11H;2*1H3;/q3*-1;. The minimum atomic E-state index is 0. The maximum atomic E-state index is 2.24. The molecule has 0 unspecified atom stereocenters. The first kappa shape index (κ1) is 16.9. The molecule has 0 saturated carbocycles. The van der Waals surface area contributed by atoms with E-state index in [-0.39, 0.29) is 40.7 Å². The summed E-state index contributed by atoms with van der Waals surface area (Å²) in [4.78, 5) is 0. The maximum Gasteiger partial charge on any atom is 0 e. The molecule has 0 N–H and O–H groups in total. The average Bonchev–Trinajstić information content (AvgIpc) is 2.74. The van der Waals surface area contributed by atoms with Crippen molar-refractivity contribution < 1.29 is 25.8 Å². The second-order valence-corrected chi connectivity index (χ2v) is 3.74. The van der Waals surface area contributed by atoms with Crippen LogP contribution in [-0.4, -0.2) is 0 Å².